The molecule has 0 heterocycles. The van der Waals surface area contributed by atoms with Gasteiger partial charge >= 0.3 is 0 Å². The van der Waals surface area contributed by atoms with E-state index in [1.807, 2.05) is 19.1 Å². The fourth-order valence-electron chi connectivity index (χ4n) is 1.39. The van der Waals surface area contributed by atoms with Crippen molar-refractivity contribution in [2.75, 3.05) is 0 Å². The van der Waals surface area contributed by atoms with Gasteiger partial charge in [-0.3, -0.25) is 0 Å². The third-order valence-corrected chi connectivity index (χ3v) is 2.68. The molecule has 1 aromatic rings. The summed E-state index contributed by atoms with van der Waals surface area (Å²) in [6.45, 7) is 5.90. The van der Waals surface area contributed by atoms with Crippen LogP contribution in [0.3, 0.4) is 0 Å². The molecule has 0 saturated carbocycles. The van der Waals surface area contributed by atoms with Crippen LogP contribution in [-0.2, 0) is 6.42 Å². The number of nitrogens with two attached hydrogens (primary N) is 1. The van der Waals surface area contributed by atoms with Crippen LogP contribution in [0, 0.1) is 18.7 Å². The standard InChI is InChI=1S/C12H18FN/c1-8(10(3)14)6-11-4-5-12(13)9(2)7-11/h4-5,7-8,10H,6,14H2,1-3H3. The zero-order valence-corrected chi connectivity index (χ0v) is 9.05. The average Bonchev–Trinajstić information content (AvgIpc) is 2.11. The molecule has 2 atom stereocenters. The average molecular weight is 195 g/mol. The molecule has 0 aliphatic heterocycles. The summed E-state index contributed by atoms with van der Waals surface area (Å²) in [6, 6.07) is 5.44. The quantitative estimate of drug-likeness (QED) is 0.788. The predicted molar refractivity (Wildman–Crippen MR) is 57.7 cm³/mol. The number of aryl methyl sites for hydroxylation is 1. The molecule has 0 radical (unpaired) electrons. The second-order valence-electron chi connectivity index (χ2n) is 4.12. The first kappa shape index (κ1) is 11.2. The monoisotopic (exact) mass is 195 g/mol. The van der Waals surface area contributed by atoms with Crippen molar-refractivity contribution in [2.45, 2.75) is 33.2 Å². The van der Waals surface area contributed by atoms with Crippen LogP contribution in [0.1, 0.15) is 25.0 Å². The summed E-state index contributed by atoms with van der Waals surface area (Å²) in [7, 11) is 0. The Morgan fingerprint density at radius 2 is 2.00 bits per heavy atom. The first-order chi connectivity index (χ1) is 6.50. The van der Waals surface area contributed by atoms with Gasteiger partial charge in [-0.25, -0.2) is 4.39 Å². The maximum absolute atomic E-state index is 13.0. The van der Waals surface area contributed by atoms with Crippen molar-refractivity contribution in [3.63, 3.8) is 0 Å². The van der Waals surface area contributed by atoms with E-state index in [9.17, 15) is 4.39 Å². The molecule has 0 aromatic heterocycles. The van der Waals surface area contributed by atoms with Crippen molar-refractivity contribution in [3.8, 4) is 0 Å². The number of hydrogen-bond donors (Lipinski definition) is 1. The molecule has 0 fully saturated rings. The Kier molecular flexibility index (Phi) is 3.64. The van der Waals surface area contributed by atoms with E-state index in [0.717, 1.165) is 12.0 Å². The molecule has 0 saturated heterocycles. The van der Waals surface area contributed by atoms with Crippen LogP contribution in [0.2, 0.25) is 0 Å². The maximum atomic E-state index is 13.0. The molecule has 78 valence electrons. The fourth-order valence-corrected chi connectivity index (χ4v) is 1.39. The number of benzene rings is 1. The lowest BCUT2D eigenvalue weighted by Crippen LogP contribution is -2.25. The molecule has 0 amide bonds. The lowest BCUT2D eigenvalue weighted by molar-refractivity contribution is 0.481. The van der Waals surface area contributed by atoms with Gasteiger partial charge in [0.15, 0.2) is 0 Å². The first-order valence-electron chi connectivity index (χ1n) is 5.01. The van der Waals surface area contributed by atoms with Crippen molar-refractivity contribution < 1.29 is 4.39 Å². The molecule has 1 aromatic carbocycles. The van der Waals surface area contributed by atoms with Crippen molar-refractivity contribution in [3.05, 3.63) is 35.1 Å². The topological polar surface area (TPSA) is 26.0 Å². The Labute approximate surface area is 85.1 Å². The minimum Gasteiger partial charge on any atom is -0.328 e. The first-order valence-corrected chi connectivity index (χ1v) is 5.01. The summed E-state index contributed by atoms with van der Waals surface area (Å²) < 4.78 is 13.0. The molecule has 2 N–H and O–H groups in total. The molecule has 1 rings (SSSR count). The molecular weight excluding hydrogens is 177 g/mol. The third-order valence-electron chi connectivity index (χ3n) is 2.68. The van der Waals surface area contributed by atoms with Crippen LogP contribution >= 0.6 is 0 Å². The number of halogens is 1. The molecule has 0 aliphatic carbocycles. The summed E-state index contributed by atoms with van der Waals surface area (Å²) in [5.74, 6) is 0.294. The highest BCUT2D eigenvalue weighted by Gasteiger charge is 2.09. The smallest absolute Gasteiger partial charge is 0.126 e. The summed E-state index contributed by atoms with van der Waals surface area (Å²) in [5.41, 5.74) is 7.65. The highest BCUT2D eigenvalue weighted by Crippen LogP contribution is 2.14. The van der Waals surface area contributed by atoms with Gasteiger partial charge in [-0.15, -0.1) is 0 Å². The predicted octanol–water partition coefficient (Wildman–Crippen LogP) is 2.66. The molecule has 14 heavy (non-hydrogen) atoms. The molecule has 0 spiro atoms. The molecule has 1 nitrogen and oxygen atoms in total. The lowest BCUT2D eigenvalue weighted by Gasteiger charge is -2.15. The van der Waals surface area contributed by atoms with Crippen LogP contribution < -0.4 is 5.73 Å². The largest absolute Gasteiger partial charge is 0.328 e. The normalized spacial score (nSPS) is 15.2. The van der Waals surface area contributed by atoms with E-state index in [2.05, 4.69) is 6.92 Å². The SMILES string of the molecule is Cc1cc(CC(C)C(C)N)ccc1F. The Balaban J connectivity index is 2.73. The van der Waals surface area contributed by atoms with Gasteiger partial charge in [0.1, 0.15) is 5.82 Å². The van der Waals surface area contributed by atoms with E-state index in [1.54, 1.807) is 6.92 Å². The van der Waals surface area contributed by atoms with Crippen LogP contribution in [0.4, 0.5) is 4.39 Å². The van der Waals surface area contributed by atoms with Crippen LogP contribution in [0.25, 0.3) is 0 Å². The Bertz CT molecular complexity index is 307. The van der Waals surface area contributed by atoms with E-state index in [-0.39, 0.29) is 11.9 Å². The second-order valence-corrected chi connectivity index (χ2v) is 4.12. The Morgan fingerprint density at radius 1 is 1.36 bits per heavy atom. The van der Waals surface area contributed by atoms with E-state index in [4.69, 9.17) is 5.73 Å². The summed E-state index contributed by atoms with van der Waals surface area (Å²) in [5, 5.41) is 0. The van der Waals surface area contributed by atoms with Gasteiger partial charge in [0.2, 0.25) is 0 Å². The highest BCUT2D eigenvalue weighted by molar-refractivity contribution is 5.24. The highest BCUT2D eigenvalue weighted by atomic mass is 19.1. The molecule has 0 bridgehead atoms. The summed E-state index contributed by atoms with van der Waals surface area (Å²) in [6.07, 6.45) is 0.915. The molecular formula is C12H18FN. The maximum Gasteiger partial charge on any atom is 0.126 e. The molecule has 2 heteroatoms. The van der Waals surface area contributed by atoms with Gasteiger partial charge < -0.3 is 5.73 Å². The zero-order chi connectivity index (χ0) is 10.7. The van der Waals surface area contributed by atoms with Crippen molar-refractivity contribution in [1.82, 2.24) is 0 Å². The van der Waals surface area contributed by atoms with Crippen LogP contribution in [0.15, 0.2) is 18.2 Å². The minimum atomic E-state index is -0.137. The minimum absolute atomic E-state index is 0.137. The van der Waals surface area contributed by atoms with Gasteiger partial charge in [-0.1, -0.05) is 19.1 Å². The van der Waals surface area contributed by atoms with E-state index < -0.39 is 0 Å². The number of hydrogen-bond acceptors (Lipinski definition) is 1. The van der Waals surface area contributed by atoms with Crippen molar-refractivity contribution in [1.29, 1.82) is 0 Å². The van der Waals surface area contributed by atoms with Gasteiger partial charge in [-0.2, -0.15) is 0 Å². The Morgan fingerprint density at radius 3 is 2.50 bits per heavy atom. The van der Waals surface area contributed by atoms with Crippen LogP contribution in [0.5, 0.6) is 0 Å². The Hall–Kier alpha value is -0.890. The number of rotatable bonds is 3. The van der Waals surface area contributed by atoms with Crippen molar-refractivity contribution >= 4 is 0 Å². The lowest BCUT2D eigenvalue weighted by atomic mass is 9.95. The second kappa shape index (κ2) is 4.56. The molecule has 2 unspecified atom stereocenters. The van der Waals surface area contributed by atoms with Crippen LogP contribution in [-0.4, -0.2) is 6.04 Å². The van der Waals surface area contributed by atoms with E-state index in [1.165, 1.54) is 6.07 Å². The van der Waals surface area contributed by atoms with E-state index >= 15 is 0 Å². The molecule has 0 aliphatic rings. The van der Waals surface area contributed by atoms with Gasteiger partial charge in [0.05, 0.1) is 0 Å². The fraction of sp³-hybridized carbons (Fsp3) is 0.500. The van der Waals surface area contributed by atoms with Crippen molar-refractivity contribution in [2.24, 2.45) is 11.7 Å². The summed E-state index contributed by atoms with van der Waals surface area (Å²) >= 11 is 0. The van der Waals surface area contributed by atoms with Gasteiger partial charge in [0.25, 0.3) is 0 Å². The summed E-state index contributed by atoms with van der Waals surface area (Å²) in [4.78, 5) is 0. The zero-order valence-electron chi connectivity index (χ0n) is 9.05. The third kappa shape index (κ3) is 2.81. The van der Waals surface area contributed by atoms with Gasteiger partial charge in [0, 0.05) is 6.04 Å². The van der Waals surface area contributed by atoms with Gasteiger partial charge in [-0.05, 0) is 43.4 Å². The van der Waals surface area contributed by atoms with E-state index in [0.29, 0.717) is 11.5 Å².